The van der Waals surface area contributed by atoms with Crippen molar-refractivity contribution >= 4 is 27.5 Å². The Kier molecular flexibility index (Phi) is 6.18. The van der Waals surface area contributed by atoms with Gasteiger partial charge in [0.15, 0.2) is 0 Å². The first kappa shape index (κ1) is 14.2. The molecule has 17 heavy (non-hydrogen) atoms. The molecule has 1 rings (SSSR count). The van der Waals surface area contributed by atoms with E-state index in [1.807, 2.05) is 38.2 Å². The number of carbonyl (C=O) groups excluding carboxylic acids is 1. The second kappa shape index (κ2) is 7.42. The highest BCUT2D eigenvalue weighted by molar-refractivity contribution is 9.10. The number of hydrogen-bond donors (Lipinski definition) is 2. The van der Waals surface area contributed by atoms with Crippen LogP contribution >= 0.6 is 15.9 Å². The molecule has 0 saturated carbocycles. The first-order valence-electron chi connectivity index (χ1n) is 5.44. The zero-order valence-corrected chi connectivity index (χ0v) is 11.6. The van der Waals surface area contributed by atoms with E-state index >= 15 is 0 Å². The summed E-state index contributed by atoms with van der Waals surface area (Å²) in [5, 5.41) is 5.76. The van der Waals surface area contributed by atoms with Gasteiger partial charge in [0, 0.05) is 11.0 Å². The average Bonchev–Trinajstić information content (AvgIpc) is 2.30. The van der Waals surface area contributed by atoms with Crippen molar-refractivity contribution in [3.63, 3.8) is 0 Å². The van der Waals surface area contributed by atoms with Crippen molar-refractivity contribution in [3.8, 4) is 0 Å². The first-order chi connectivity index (χ1) is 8.13. The summed E-state index contributed by atoms with van der Waals surface area (Å²) >= 11 is 3.36. The van der Waals surface area contributed by atoms with Crippen LogP contribution in [0.1, 0.15) is 6.92 Å². The molecule has 0 saturated heterocycles. The van der Waals surface area contributed by atoms with Gasteiger partial charge < -0.3 is 15.4 Å². The van der Waals surface area contributed by atoms with Crippen LogP contribution in [0.25, 0.3) is 0 Å². The average molecular weight is 301 g/mol. The van der Waals surface area contributed by atoms with E-state index in [9.17, 15) is 4.79 Å². The molecular formula is C12H17BrN2O2. The van der Waals surface area contributed by atoms with Crippen molar-refractivity contribution in [2.24, 2.45) is 0 Å². The normalized spacial score (nSPS) is 12.2. The molecule has 0 radical (unpaired) electrons. The number of nitrogens with one attached hydrogen (secondary N) is 2. The van der Waals surface area contributed by atoms with Crippen molar-refractivity contribution in [1.82, 2.24) is 5.32 Å². The Balaban J connectivity index is 2.37. The summed E-state index contributed by atoms with van der Waals surface area (Å²) in [7, 11) is 1.85. The minimum atomic E-state index is -0.153. The summed E-state index contributed by atoms with van der Waals surface area (Å²) in [5.74, 6) is -0.153. The van der Waals surface area contributed by atoms with Gasteiger partial charge in [0.1, 0.15) is 6.61 Å². The summed E-state index contributed by atoms with van der Waals surface area (Å²) in [4.78, 5) is 11.6. The number of benzene rings is 1. The lowest BCUT2D eigenvalue weighted by Crippen LogP contribution is -2.28. The Labute approximate surface area is 110 Å². The van der Waals surface area contributed by atoms with Gasteiger partial charge in [-0.05, 0) is 42.0 Å². The van der Waals surface area contributed by atoms with E-state index in [1.54, 1.807) is 0 Å². The molecule has 0 aliphatic carbocycles. The summed E-state index contributed by atoms with van der Waals surface area (Å²) in [5.41, 5.74) is 0.752. The van der Waals surface area contributed by atoms with E-state index in [2.05, 4.69) is 26.6 Å². The van der Waals surface area contributed by atoms with Crippen LogP contribution in [0.2, 0.25) is 0 Å². The predicted molar refractivity (Wildman–Crippen MR) is 72.1 cm³/mol. The van der Waals surface area contributed by atoms with Crippen molar-refractivity contribution in [2.45, 2.75) is 13.0 Å². The quantitative estimate of drug-likeness (QED) is 0.845. The molecule has 2 N–H and O–H groups in total. The number of para-hydroxylation sites is 1. The van der Waals surface area contributed by atoms with Gasteiger partial charge in [0.25, 0.3) is 0 Å². The second-order valence-electron chi connectivity index (χ2n) is 3.71. The van der Waals surface area contributed by atoms with Crippen molar-refractivity contribution < 1.29 is 9.53 Å². The Hall–Kier alpha value is -0.910. The predicted octanol–water partition coefficient (Wildman–Crippen LogP) is 2.01. The number of rotatable bonds is 6. The van der Waals surface area contributed by atoms with Gasteiger partial charge in [0.2, 0.25) is 5.91 Å². The lowest BCUT2D eigenvalue weighted by Gasteiger charge is -2.12. The van der Waals surface area contributed by atoms with Crippen LogP contribution in [0.3, 0.4) is 0 Å². The third kappa shape index (κ3) is 5.30. The van der Waals surface area contributed by atoms with Crippen LogP contribution in [0.4, 0.5) is 5.69 Å². The fourth-order valence-corrected chi connectivity index (χ4v) is 1.70. The number of anilines is 1. The van der Waals surface area contributed by atoms with Gasteiger partial charge in [0.05, 0.1) is 11.8 Å². The highest BCUT2D eigenvalue weighted by Crippen LogP contribution is 2.20. The number of hydrogen-bond acceptors (Lipinski definition) is 3. The third-order valence-electron chi connectivity index (χ3n) is 2.14. The van der Waals surface area contributed by atoms with E-state index in [0.29, 0.717) is 0 Å². The number of carbonyl (C=O) groups is 1. The molecule has 1 unspecified atom stereocenters. The molecule has 0 spiro atoms. The van der Waals surface area contributed by atoms with Gasteiger partial charge in [-0.15, -0.1) is 0 Å². The Morgan fingerprint density at radius 3 is 2.82 bits per heavy atom. The van der Waals surface area contributed by atoms with E-state index < -0.39 is 0 Å². The molecule has 0 aromatic heterocycles. The summed E-state index contributed by atoms with van der Waals surface area (Å²) in [6.45, 7) is 2.70. The number of likely N-dealkylation sites (N-methyl/N-ethyl adjacent to an activating group) is 1. The maximum atomic E-state index is 11.6. The van der Waals surface area contributed by atoms with Crippen molar-refractivity contribution in [2.75, 3.05) is 25.5 Å². The Morgan fingerprint density at radius 1 is 1.47 bits per heavy atom. The molecule has 94 valence electrons. The van der Waals surface area contributed by atoms with Gasteiger partial charge in [-0.25, -0.2) is 0 Å². The molecular weight excluding hydrogens is 284 g/mol. The Bertz CT molecular complexity index is 371. The molecule has 5 heteroatoms. The summed E-state index contributed by atoms with van der Waals surface area (Å²) in [6.07, 6.45) is 0.0185. The third-order valence-corrected chi connectivity index (χ3v) is 2.83. The van der Waals surface area contributed by atoms with E-state index in [4.69, 9.17) is 4.74 Å². The van der Waals surface area contributed by atoms with Crippen LogP contribution in [0, 0.1) is 0 Å². The van der Waals surface area contributed by atoms with Crippen LogP contribution < -0.4 is 10.6 Å². The maximum Gasteiger partial charge on any atom is 0.250 e. The van der Waals surface area contributed by atoms with Crippen LogP contribution in [0.15, 0.2) is 28.7 Å². The molecule has 0 aliphatic rings. The molecule has 0 fully saturated rings. The zero-order chi connectivity index (χ0) is 12.7. The standard InChI is InChI=1S/C12H17BrN2O2/c1-9(7-14-2)17-8-12(16)15-11-6-4-3-5-10(11)13/h3-6,9,14H,7-8H2,1-2H3,(H,15,16). The smallest absolute Gasteiger partial charge is 0.250 e. The van der Waals surface area contributed by atoms with E-state index in [-0.39, 0.29) is 18.6 Å². The lowest BCUT2D eigenvalue weighted by atomic mass is 10.3. The first-order valence-corrected chi connectivity index (χ1v) is 6.23. The number of ether oxygens (including phenoxy) is 1. The minimum Gasteiger partial charge on any atom is -0.367 e. The number of amides is 1. The number of halogens is 1. The van der Waals surface area contributed by atoms with Crippen molar-refractivity contribution in [1.29, 1.82) is 0 Å². The molecule has 1 aromatic carbocycles. The molecule has 0 aliphatic heterocycles. The van der Waals surface area contributed by atoms with Crippen LogP contribution in [0.5, 0.6) is 0 Å². The molecule has 1 atom stereocenters. The van der Waals surface area contributed by atoms with Crippen LogP contribution in [-0.4, -0.2) is 32.2 Å². The summed E-state index contributed by atoms with van der Waals surface area (Å²) in [6, 6.07) is 7.47. The molecule has 0 heterocycles. The minimum absolute atomic E-state index is 0.0185. The Morgan fingerprint density at radius 2 is 2.18 bits per heavy atom. The largest absolute Gasteiger partial charge is 0.367 e. The topological polar surface area (TPSA) is 50.4 Å². The summed E-state index contributed by atoms with van der Waals surface area (Å²) < 4.78 is 6.22. The molecule has 1 aromatic rings. The fraction of sp³-hybridized carbons (Fsp3) is 0.417. The van der Waals surface area contributed by atoms with Crippen molar-refractivity contribution in [3.05, 3.63) is 28.7 Å². The lowest BCUT2D eigenvalue weighted by molar-refractivity contribution is -0.122. The van der Waals surface area contributed by atoms with Gasteiger partial charge in [-0.2, -0.15) is 0 Å². The van der Waals surface area contributed by atoms with Gasteiger partial charge >= 0.3 is 0 Å². The fourth-order valence-electron chi connectivity index (χ4n) is 1.31. The monoisotopic (exact) mass is 300 g/mol. The highest BCUT2D eigenvalue weighted by atomic mass is 79.9. The highest BCUT2D eigenvalue weighted by Gasteiger charge is 2.07. The van der Waals surface area contributed by atoms with E-state index in [0.717, 1.165) is 16.7 Å². The molecule has 1 amide bonds. The SMILES string of the molecule is CNCC(C)OCC(=O)Nc1ccccc1Br. The van der Waals surface area contributed by atoms with Crippen LogP contribution in [-0.2, 0) is 9.53 Å². The maximum absolute atomic E-state index is 11.6. The molecule has 0 bridgehead atoms. The van der Waals surface area contributed by atoms with Gasteiger partial charge in [-0.1, -0.05) is 12.1 Å². The van der Waals surface area contributed by atoms with E-state index in [1.165, 1.54) is 0 Å². The molecule has 4 nitrogen and oxygen atoms in total. The second-order valence-corrected chi connectivity index (χ2v) is 4.56. The zero-order valence-electron chi connectivity index (χ0n) is 10.00. The van der Waals surface area contributed by atoms with Gasteiger partial charge in [-0.3, -0.25) is 4.79 Å².